The summed E-state index contributed by atoms with van der Waals surface area (Å²) in [6, 6.07) is 8.63. The zero-order chi connectivity index (χ0) is 11.8. The molecule has 0 saturated carbocycles. The Kier molecular flexibility index (Phi) is 4.54. The van der Waals surface area contributed by atoms with Gasteiger partial charge >= 0.3 is 0 Å². The molecule has 0 spiro atoms. The molecule has 1 aromatic rings. The molecule has 1 rings (SSSR count). The van der Waals surface area contributed by atoms with Crippen LogP contribution in [-0.2, 0) is 4.84 Å². The third kappa shape index (κ3) is 3.42. The van der Waals surface area contributed by atoms with E-state index in [4.69, 9.17) is 5.26 Å². The Labute approximate surface area is 93.3 Å². The first kappa shape index (κ1) is 11.7. The van der Waals surface area contributed by atoms with Crippen LogP contribution in [0.15, 0.2) is 29.4 Å². The van der Waals surface area contributed by atoms with Crippen LogP contribution in [0.5, 0.6) is 0 Å². The van der Waals surface area contributed by atoms with Crippen molar-refractivity contribution in [2.75, 3.05) is 13.7 Å². The highest BCUT2D eigenvalue weighted by atomic mass is 16.6. The molecule has 0 radical (unpaired) electrons. The molecule has 5 nitrogen and oxygen atoms in total. The van der Waals surface area contributed by atoms with E-state index in [9.17, 15) is 4.79 Å². The van der Waals surface area contributed by atoms with E-state index in [1.165, 1.54) is 13.3 Å². The zero-order valence-corrected chi connectivity index (χ0v) is 8.80. The van der Waals surface area contributed by atoms with Gasteiger partial charge in [0.25, 0.3) is 5.91 Å². The van der Waals surface area contributed by atoms with Crippen LogP contribution in [0.1, 0.15) is 15.9 Å². The molecular weight excluding hydrogens is 206 g/mol. The molecule has 0 fully saturated rings. The van der Waals surface area contributed by atoms with Gasteiger partial charge in [-0.15, -0.1) is 0 Å². The lowest BCUT2D eigenvalue weighted by atomic mass is 10.1. The van der Waals surface area contributed by atoms with Crippen molar-refractivity contribution in [2.24, 2.45) is 5.16 Å². The van der Waals surface area contributed by atoms with Crippen molar-refractivity contribution in [1.82, 2.24) is 5.32 Å². The van der Waals surface area contributed by atoms with Crippen LogP contribution in [-0.4, -0.2) is 25.8 Å². The topological polar surface area (TPSA) is 74.5 Å². The molecule has 0 atom stereocenters. The maximum Gasteiger partial charge on any atom is 0.252 e. The lowest BCUT2D eigenvalue weighted by Gasteiger charge is -2.00. The van der Waals surface area contributed by atoms with E-state index < -0.39 is 0 Å². The van der Waals surface area contributed by atoms with Crippen LogP contribution in [0.3, 0.4) is 0 Å². The molecule has 0 bridgehead atoms. The highest BCUT2D eigenvalue weighted by molar-refractivity contribution is 5.95. The number of amides is 1. The SMILES string of the molecule is CON=Cc1ccc(C(=O)NCC#N)cc1. The molecule has 16 heavy (non-hydrogen) atoms. The van der Waals surface area contributed by atoms with Gasteiger partial charge in [0.05, 0.1) is 12.3 Å². The van der Waals surface area contributed by atoms with E-state index in [2.05, 4.69) is 15.3 Å². The largest absolute Gasteiger partial charge is 0.399 e. The summed E-state index contributed by atoms with van der Waals surface area (Å²) in [7, 11) is 1.46. The van der Waals surface area contributed by atoms with Gasteiger partial charge in [-0.05, 0) is 17.7 Å². The molecular formula is C11H11N3O2. The summed E-state index contributed by atoms with van der Waals surface area (Å²) >= 11 is 0. The molecule has 0 unspecified atom stereocenters. The van der Waals surface area contributed by atoms with Crippen molar-refractivity contribution in [3.8, 4) is 6.07 Å². The molecule has 1 amide bonds. The van der Waals surface area contributed by atoms with Crippen molar-refractivity contribution in [2.45, 2.75) is 0 Å². The maximum absolute atomic E-state index is 11.4. The number of hydrogen-bond donors (Lipinski definition) is 1. The van der Waals surface area contributed by atoms with E-state index in [0.717, 1.165) is 5.56 Å². The number of oxime groups is 1. The minimum absolute atomic E-state index is 0.00567. The van der Waals surface area contributed by atoms with Gasteiger partial charge in [0, 0.05) is 5.56 Å². The first-order valence-corrected chi connectivity index (χ1v) is 4.59. The van der Waals surface area contributed by atoms with Crippen LogP contribution >= 0.6 is 0 Å². The van der Waals surface area contributed by atoms with E-state index in [1.807, 2.05) is 6.07 Å². The molecule has 0 aliphatic rings. The fourth-order valence-corrected chi connectivity index (χ4v) is 1.06. The lowest BCUT2D eigenvalue weighted by molar-refractivity contribution is 0.0958. The van der Waals surface area contributed by atoms with Crippen molar-refractivity contribution in [3.05, 3.63) is 35.4 Å². The fourth-order valence-electron chi connectivity index (χ4n) is 1.06. The summed E-state index contributed by atoms with van der Waals surface area (Å²) in [6.45, 7) is 0.00567. The van der Waals surface area contributed by atoms with Crippen LogP contribution in [0.4, 0.5) is 0 Å². The molecule has 1 aromatic carbocycles. The number of rotatable bonds is 4. The molecule has 1 N–H and O–H groups in total. The average molecular weight is 217 g/mol. The number of benzene rings is 1. The normalized spacial score (nSPS) is 9.75. The Morgan fingerprint density at radius 3 is 2.81 bits per heavy atom. The monoisotopic (exact) mass is 217 g/mol. The van der Waals surface area contributed by atoms with Crippen molar-refractivity contribution in [1.29, 1.82) is 5.26 Å². The summed E-state index contributed by atoms with van der Waals surface area (Å²) in [4.78, 5) is 15.9. The Hall–Kier alpha value is -2.35. The molecule has 5 heteroatoms. The molecule has 0 aliphatic heterocycles. The highest BCUT2D eigenvalue weighted by Crippen LogP contribution is 2.02. The van der Waals surface area contributed by atoms with Crippen molar-refractivity contribution in [3.63, 3.8) is 0 Å². The molecule has 82 valence electrons. The second kappa shape index (κ2) is 6.19. The summed E-state index contributed by atoms with van der Waals surface area (Å²) in [6.07, 6.45) is 1.54. The van der Waals surface area contributed by atoms with E-state index in [0.29, 0.717) is 5.56 Å². The number of carbonyl (C=O) groups excluding carboxylic acids is 1. The standard InChI is InChI=1S/C11H11N3O2/c1-16-14-8-9-2-4-10(5-3-9)11(15)13-7-6-12/h2-5,8H,7H2,1H3,(H,13,15). The average Bonchev–Trinajstić information content (AvgIpc) is 2.34. The van der Waals surface area contributed by atoms with E-state index in [1.54, 1.807) is 24.3 Å². The first-order chi connectivity index (χ1) is 7.77. The smallest absolute Gasteiger partial charge is 0.252 e. The van der Waals surface area contributed by atoms with Crippen molar-refractivity contribution >= 4 is 12.1 Å². The second-order valence-corrected chi connectivity index (χ2v) is 2.88. The van der Waals surface area contributed by atoms with Gasteiger partial charge in [-0.3, -0.25) is 4.79 Å². The van der Waals surface area contributed by atoms with Gasteiger partial charge in [0.15, 0.2) is 0 Å². The number of nitrogens with one attached hydrogen (secondary N) is 1. The predicted molar refractivity (Wildman–Crippen MR) is 59.0 cm³/mol. The molecule has 0 saturated heterocycles. The Morgan fingerprint density at radius 2 is 2.25 bits per heavy atom. The minimum Gasteiger partial charge on any atom is -0.399 e. The van der Waals surface area contributed by atoms with Crippen LogP contribution in [0.2, 0.25) is 0 Å². The van der Waals surface area contributed by atoms with Crippen molar-refractivity contribution < 1.29 is 9.63 Å². The number of carbonyl (C=O) groups is 1. The quantitative estimate of drug-likeness (QED) is 0.463. The van der Waals surface area contributed by atoms with Gasteiger partial charge in [-0.1, -0.05) is 17.3 Å². The number of nitriles is 1. The summed E-state index contributed by atoms with van der Waals surface area (Å²) < 4.78 is 0. The summed E-state index contributed by atoms with van der Waals surface area (Å²) in [5, 5.41) is 14.4. The third-order valence-electron chi connectivity index (χ3n) is 1.81. The Morgan fingerprint density at radius 1 is 1.56 bits per heavy atom. The molecule has 0 heterocycles. The Balaban J connectivity index is 2.68. The minimum atomic E-state index is -0.267. The van der Waals surface area contributed by atoms with Gasteiger partial charge in [0.1, 0.15) is 13.7 Å². The first-order valence-electron chi connectivity index (χ1n) is 4.59. The van der Waals surface area contributed by atoms with Gasteiger partial charge < -0.3 is 10.2 Å². The number of nitrogens with zero attached hydrogens (tertiary/aromatic N) is 2. The molecule has 0 aliphatic carbocycles. The van der Waals surface area contributed by atoms with Crippen LogP contribution in [0, 0.1) is 11.3 Å². The van der Waals surface area contributed by atoms with Crippen LogP contribution in [0.25, 0.3) is 0 Å². The predicted octanol–water partition coefficient (Wildman–Crippen LogP) is 0.920. The second-order valence-electron chi connectivity index (χ2n) is 2.88. The van der Waals surface area contributed by atoms with Gasteiger partial charge in [0.2, 0.25) is 0 Å². The lowest BCUT2D eigenvalue weighted by Crippen LogP contribution is -2.23. The van der Waals surface area contributed by atoms with Crippen LogP contribution < -0.4 is 5.32 Å². The summed E-state index contributed by atoms with van der Waals surface area (Å²) in [5.74, 6) is -0.267. The number of hydrogen-bond acceptors (Lipinski definition) is 4. The summed E-state index contributed by atoms with van der Waals surface area (Å²) in [5.41, 5.74) is 1.34. The zero-order valence-electron chi connectivity index (χ0n) is 8.80. The Bertz CT molecular complexity index is 418. The fraction of sp³-hybridized carbons (Fsp3) is 0.182. The highest BCUT2D eigenvalue weighted by Gasteiger charge is 2.03. The third-order valence-corrected chi connectivity index (χ3v) is 1.81. The van der Waals surface area contributed by atoms with Gasteiger partial charge in [-0.2, -0.15) is 5.26 Å². The van der Waals surface area contributed by atoms with E-state index >= 15 is 0 Å². The maximum atomic E-state index is 11.4. The van der Waals surface area contributed by atoms with Gasteiger partial charge in [-0.25, -0.2) is 0 Å². The molecule has 0 aromatic heterocycles. The van der Waals surface area contributed by atoms with E-state index in [-0.39, 0.29) is 12.5 Å².